The summed E-state index contributed by atoms with van der Waals surface area (Å²) in [5, 5.41) is 0.992. The van der Waals surface area contributed by atoms with Crippen LogP contribution in [0.4, 0.5) is 13.2 Å². The second kappa shape index (κ2) is 11.9. The largest absolute Gasteiger partial charge is 0.496 e. The number of ether oxygens (including phenoxy) is 3. The van der Waals surface area contributed by atoms with E-state index in [2.05, 4.69) is 0 Å². The predicted molar refractivity (Wildman–Crippen MR) is 162 cm³/mol. The zero-order chi connectivity index (χ0) is 32.8. The van der Waals surface area contributed by atoms with Crippen molar-refractivity contribution in [3.05, 3.63) is 99.2 Å². The fourth-order valence-corrected chi connectivity index (χ4v) is 6.62. The van der Waals surface area contributed by atoms with Crippen LogP contribution in [0.5, 0.6) is 5.75 Å². The molecule has 5 rings (SSSR count). The van der Waals surface area contributed by atoms with E-state index in [9.17, 15) is 27.6 Å². The van der Waals surface area contributed by atoms with Gasteiger partial charge in [-0.1, -0.05) is 30.7 Å². The molecule has 1 aliphatic carbocycles. The van der Waals surface area contributed by atoms with Gasteiger partial charge >= 0.3 is 18.1 Å². The highest BCUT2D eigenvalue weighted by atomic mass is 35.5. The van der Waals surface area contributed by atoms with Crippen LogP contribution in [0.3, 0.4) is 0 Å². The zero-order valence-electron chi connectivity index (χ0n) is 25.3. The molecule has 45 heavy (non-hydrogen) atoms. The van der Waals surface area contributed by atoms with Gasteiger partial charge in [0.2, 0.25) is 0 Å². The van der Waals surface area contributed by atoms with E-state index in [-0.39, 0.29) is 13.0 Å². The third-order valence-corrected chi connectivity index (χ3v) is 9.01. The van der Waals surface area contributed by atoms with Gasteiger partial charge in [-0.2, -0.15) is 13.2 Å². The zero-order valence-corrected chi connectivity index (χ0v) is 26.0. The van der Waals surface area contributed by atoms with Gasteiger partial charge in [-0.05, 0) is 79.4 Å². The number of esters is 2. The number of methoxy groups -OCH3 is 2. The van der Waals surface area contributed by atoms with Crippen molar-refractivity contribution < 1.29 is 41.8 Å². The molecule has 1 fully saturated rings. The number of hydrogen-bond donors (Lipinski definition) is 0. The second-order valence-electron chi connectivity index (χ2n) is 11.0. The molecular weight excluding hydrogens is 611 g/mol. The summed E-state index contributed by atoms with van der Waals surface area (Å²) in [6.07, 6.45) is -4.64. The molecular formula is C34H31ClF3NO6. The van der Waals surface area contributed by atoms with E-state index in [4.69, 9.17) is 25.8 Å². The Labute approximate surface area is 262 Å². The lowest BCUT2D eigenvalue weighted by Gasteiger charge is -2.21. The fraction of sp³-hybridized carbons (Fsp3) is 0.324. The predicted octanol–water partition coefficient (Wildman–Crippen LogP) is 7.27. The number of benzene rings is 3. The lowest BCUT2D eigenvalue weighted by Crippen LogP contribution is -2.27. The first-order valence-corrected chi connectivity index (χ1v) is 14.6. The van der Waals surface area contributed by atoms with Gasteiger partial charge in [0, 0.05) is 33.1 Å². The van der Waals surface area contributed by atoms with Crippen LogP contribution in [-0.2, 0) is 37.1 Å². The highest BCUT2D eigenvalue weighted by Crippen LogP contribution is 2.68. The standard InChI is InChI=1S/C34H31ClF3NO6/c1-6-45-32(42)33(18(2)30(33)20-7-11-22(12-8-20)34(36,37)38)26-17-27-25(15-28(26)43-4)24(16-29(40)44-5)19(3)39(27)31(41)21-9-13-23(35)14-10-21/h7-15,17-18,30H,6,16H2,1-5H3. The summed E-state index contributed by atoms with van der Waals surface area (Å²) < 4.78 is 57.8. The lowest BCUT2D eigenvalue weighted by atomic mass is 9.87. The third kappa shape index (κ3) is 5.35. The summed E-state index contributed by atoms with van der Waals surface area (Å²) in [5.41, 5.74) is 0.596. The van der Waals surface area contributed by atoms with Crippen LogP contribution in [0.25, 0.3) is 10.9 Å². The van der Waals surface area contributed by atoms with Crippen LogP contribution in [0, 0.1) is 12.8 Å². The van der Waals surface area contributed by atoms with Gasteiger partial charge in [-0.3, -0.25) is 19.0 Å². The molecule has 1 heterocycles. The van der Waals surface area contributed by atoms with Gasteiger partial charge in [-0.25, -0.2) is 0 Å². The van der Waals surface area contributed by atoms with Crippen LogP contribution < -0.4 is 4.74 Å². The van der Waals surface area contributed by atoms with Crippen LogP contribution in [0.1, 0.15) is 58.1 Å². The molecule has 11 heteroatoms. The molecule has 0 saturated heterocycles. The van der Waals surface area contributed by atoms with E-state index in [1.165, 1.54) is 30.9 Å². The Kier molecular flexibility index (Phi) is 8.48. The Bertz CT molecular complexity index is 1800. The van der Waals surface area contributed by atoms with Crippen molar-refractivity contribution in [3.8, 4) is 5.75 Å². The molecule has 1 aliphatic rings. The number of fused-ring (bicyclic) bond motifs is 1. The number of hydrogen-bond acceptors (Lipinski definition) is 6. The molecule has 3 aromatic carbocycles. The van der Waals surface area contributed by atoms with Crippen molar-refractivity contribution in [2.24, 2.45) is 5.92 Å². The first-order chi connectivity index (χ1) is 21.3. The van der Waals surface area contributed by atoms with Crippen molar-refractivity contribution >= 4 is 40.3 Å². The number of rotatable bonds is 8. The minimum atomic E-state index is -4.51. The number of carbonyl (C=O) groups excluding carboxylic acids is 3. The number of alkyl halides is 3. The molecule has 236 valence electrons. The minimum absolute atomic E-state index is 0.0748. The maximum Gasteiger partial charge on any atom is 0.416 e. The van der Waals surface area contributed by atoms with Crippen molar-refractivity contribution in [2.45, 2.75) is 44.7 Å². The van der Waals surface area contributed by atoms with Gasteiger partial charge < -0.3 is 14.2 Å². The summed E-state index contributed by atoms with van der Waals surface area (Å²) in [4.78, 5) is 40.3. The van der Waals surface area contributed by atoms with Crippen molar-refractivity contribution in [2.75, 3.05) is 20.8 Å². The molecule has 7 nitrogen and oxygen atoms in total. The molecule has 0 amide bonds. The molecule has 1 aromatic heterocycles. The van der Waals surface area contributed by atoms with Gasteiger partial charge in [0.05, 0.1) is 38.3 Å². The average molecular weight is 642 g/mol. The van der Waals surface area contributed by atoms with Crippen LogP contribution in [-0.4, -0.2) is 43.2 Å². The normalized spacial score (nSPS) is 19.3. The summed E-state index contributed by atoms with van der Waals surface area (Å²) in [7, 11) is 2.71. The minimum Gasteiger partial charge on any atom is -0.496 e. The van der Waals surface area contributed by atoms with Gasteiger partial charge in [0.15, 0.2) is 0 Å². The topological polar surface area (TPSA) is 83.8 Å². The van der Waals surface area contributed by atoms with Crippen LogP contribution >= 0.6 is 11.6 Å². The van der Waals surface area contributed by atoms with E-state index < -0.39 is 46.8 Å². The summed E-state index contributed by atoms with van der Waals surface area (Å²) in [6.45, 7) is 5.29. The quantitative estimate of drug-likeness (QED) is 0.188. The first-order valence-electron chi connectivity index (χ1n) is 14.2. The Hall–Kier alpha value is -4.31. The number of aromatic nitrogens is 1. The highest BCUT2D eigenvalue weighted by Gasteiger charge is 2.70. The van der Waals surface area contributed by atoms with E-state index in [0.29, 0.717) is 49.6 Å². The molecule has 4 aromatic rings. The third-order valence-electron chi connectivity index (χ3n) is 8.75. The van der Waals surface area contributed by atoms with Gasteiger partial charge in [-0.15, -0.1) is 0 Å². The monoisotopic (exact) mass is 641 g/mol. The molecule has 3 unspecified atom stereocenters. The number of nitrogens with zero attached hydrogens (tertiary/aromatic N) is 1. The molecule has 0 aliphatic heterocycles. The molecule has 0 radical (unpaired) electrons. The number of halogens is 4. The van der Waals surface area contributed by atoms with E-state index in [1.54, 1.807) is 50.2 Å². The molecule has 0 spiro atoms. The summed E-state index contributed by atoms with van der Waals surface area (Å²) in [6, 6.07) is 14.5. The van der Waals surface area contributed by atoms with E-state index in [1.807, 2.05) is 6.92 Å². The average Bonchev–Trinajstić information content (AvgIpc) is 3.55. The lowest BCUT2D eigenvalue weighted by molar-refractivity contribution is -0.147. The molecule has 3 atom stereocenters. The van der Waals surface area contributed by atoms with E-state index in [0.717, 1.165) is 12.1 Å². The Balaban J connectivity index is 1.76. The van der Waals surface area contributed by atoms with Crippen molar-refractivity contribution in [1.82, 2.24) is 4.57 Å². The molecule has 1 saturated carbocycles. The summed E-state index contributed by atoms with van der Waals surface area (Å²) in [5.74, 6) is -2.11. The Morgan fingerprint density at radius 3 is 2.20 bits per heavy atom. The maximum absolute atomic E-state index is 14.0. The maximum atomic E-state index is 14.0. The Morgan fingerprint density at radius 2 is 1.64 bits per heavy atom. The van der Waals surface area contributed by atoms with Crippen LogP contribution in [0.2, 0.25) is 5.02 Å². The fourth-order valence-electron chi connectivity index (χ4n) is 6.50. The highest BCUT2D eigenvalue weighted by molar-refractivity contribution is 6.30. The van der Waals surface area contributed by atoms with Crippen molar-refractivity contribution in [1.29, 1.82) is 0 Å². The van der Waals surface area contributed by atoms with Crippen molar-refractivity contribution in [3.63, 3.8) is 0 Å². The first kappa shape index (κ1) is 32.1. The molecule has 0 bridgehead atoms. The van der Waals surface area contributed by atoms with Crippen LogP contribution in [0.15, 0.2) is 60.7 Å². The van der Waals surface area contributed by atoms with Gasteiger partial charge in [0.25, 0.3) is 5.91 Å². The van der Waals surface area contributed by atoms with Gasteiger partial charge in [0.1, 0.15) is 11.2 Å². The smallest absolute Gasteiger partial charge is 0.416 e. The molecule has 0 N–H and O–H groups in total. The van der Waals surface area contributed by atoms with E-state index >= 15 is 0 Å². The Morgan fingerprint density at radius 1 is 1.00 bits per heavy atom. The SMILES string of the molecule is CCOC(=O)C1(c2cc3c(cc2OC)c(CC(=O)OC)c(C)n3C(=O)c2ccc(Cl)cc2)C(C)C1c1ccc(C(F)(F)F)cc1. The second-order valence-corrected chi connectivity index (χ2v) is 11.4. The summed E-state index contributed by atoms with van der Waals surface area (Å²) >= 11 is 6.06. The number of carbonyl (C=O) groups is 3.